The average molecular weight is 325 g/mol. The summed E-state index contributed by atoms with van der Waals surface area (Å²) in [4.78, 5) is 6.96. The molecule has 0 radical (unpaired) electrons. The monoisotopic (exact) mass is 324 g/mol. The predicted octanol–water partition coefficient (Wildman–Crippen LogP) is 5.70. The lowest BCUT2D eigenvalue weighted by Gasteiger charge is -2.16. The Kier molecular flexibility index (Phi) is 5.89. The Morgan fingerprint density at radius 1 is 1.04 bits per heavy atom. The van der Waals surface area contributed by atoms with Crippen molar-refractivity contribution in [2.24, 2.45) is 4.99 Å². The molecule has 0 bridgehead atoms. The predicted molar refractivity (Wildman–Crippen MR) is 105 cm³/mol. The largest absolute Gasteiger partial charge is 0.303 e. The fraction of sp³-hybridized carbons (Fsp3) is 0.591. The van der Waals surface area contributed by atoms with Crippen molar-refractivity contribution in [1.29, 1.82) is 0 Å². The first kappa shape index (κ1) is 17.4. The highest BCUT2D eigenvalue weighted by Gasteiger charge is 2.17. The second-order valence-electron chi connectivity index (χ2n) is 7.57. The normalized spacial score (nSPS) is 18.6. The van der Waals surface area contributed by atoms with Crippen LogP contribution >= 0.6 is 0 Å². The Bertz CT molecular complexity index is 621. The minimum absolute atomic E-state index is 1.09. The highest BCUT2D eigenvalue weighted by molar-refractivity contribution is 5.79. The van der Waals surface area contributed by atoms with Gasteiger partial charge in [-0.1, -0.05) is 5.57 Å². The number of unbranched alkanes of at least 4 members (excludes halogenated alkanes) is 1. The van der Waals surface area contributed by atoms with Gasteiger partial charge in [-0.05, 0) is 120 Å². The molecule has 1 aliphatic carbocycles. The Hall–Kier alpha value is -1.41. The van der Waals surface area contributed by atoms with Crippen LogP contribution in [0.2, 0.25) is 0 Å². The maximum absolute atomic E-state index is 4.35. The molecule has 130 valence electrons. The number of rotatable bonds is 7. The molecule has 1 aliphatic heterocycles. The number of aliphatic imine (C=N–C) groups is 1. The van der Waals surface area contributed by atoms with Crippen LogP contribution in [0.25, 0.3) is 5.57 Å². The third kappa shape index (κ3) is 3.97. The summed E-state index contributed by atoms with van der Waals surface area (Å²) in [6, 6.07) is 4.66. The van der Waals surface area contributed by atoms with Gasteiger partial charge in [-0.25, -0.2) is 0 Å². The molecule has 2 heteroatoms. The number of allylic oxidation sites excluding steroid dienone is 2. The van der Waals surface area contributed by atoms with Crippen molar-refractivity contribution < 1.29 is 0 Å². The Balaban J connectivity index is 1.65. The summed E-state index contributed by atoms with van der Waals surface area (Å²) in [6.45, 7) is 12.3. The van der Waals surface area contributed by atoms with Gasteiger partial charge in [0.1, 0.15) is 0 Å². The van der Waals surface area contributed by atoms with Crippen molar-refractivity contribution in [3.05, 3.63) is 34.4 Å². The van der Waals surface area contributed by atoms with Gasteiger partial charge in [-0.2, -0.15) is 0 Å². The summed E-state index contributed by atoms with van der Waals surface area (Å²) in [5.74, 6) is 0. The average Bonchev–Trinajstić information content (AvgIpc) is 3.24. The zero-order valence-electron chi connectivity index (χ0n) is 15.5. The van der Waals surface area contributed by atoms with Gasteiger partial charge in [0.05, 0.1) is 5.69 Å². The second kappa shape index (κ2) is 8.11. The van der Waals surface area contributed by atoms with E-state index in [0.717, 1.165) is 5.69 Å². The molecule has 0 spiro atoms. The van der Waals surface area contributed by atoms with E-state index in [9.17, 15) is 0 Å². The highest BCUT2D eigenvalue weighted by Crippen LogP contribution is 2.39. The summed E-state index contributed by atoms with van der Waals surface area (Å²) >= 11 is 0. The van der Waals surface area contributed by atoms with Crippen LogP contribution in [0.3, 0.4) is 0 Å². The van der Waals surface area contributed by atoms with E-state index in [1.807, 2.05) is 0 Å². The van der Waals surface area contributed by atoms with Crippen molar-refractivity contribution >= 4 is 18.0 Å². The van der Waals surface area contributed by atoms with Gasteiger partial charge in [-0.15, -0.1) is 0 Å². The molecule has 2 nitrogen and oxygen atoms in total. The zero-order valence-corrected chi connectivity index (χ0v) is 15.5. The van der Waals surface area contributed by atoms with E-state index in [0.29, 0.717) is 0 Å². The Morgan fingerprint density at radius 3 is 2.50 bits per heavy atom. The van der Waals surface area contributed by atoms with Gasteiger partial charge in [0.25, 0.3) is 0 Å². The molecule has 1 fully saturated rings. The minimum Gasteiger partial charge on any atom is -0.303 e. The summed E-state index contributed by atoms with van der Waals surface area (Å²) < 4.78 is 0. The van der Waals surface area contributed by atoms with Crippen LogP contribution in [0.5, 0.6) is 0 Å². The second-order valence-corrected chi connectivity index (χ2v) is 7.57. The van der Waals surface area contributed by atoms with Gasteiger partial charge in [0.15, 0.2) is 0 Å². The number of benzene rings is 1. The first-order valence-corrected chi connectivity index (χ1v) is 9.70. The van der Waals surface area contributed by atoms with Gasteiger partial charge in [-0.3, -0.25) is 4.99 Å². The number of hydrogen-bond acceptors (Lipinski definition) is 2. The molecule has 1 aromatic rings. The molecule has 0 N–H and O–H groups in total. The fourth-order valence-corrected chi connectivity index (χ4v) is 4.30. The van der Waals surface area contributed by atoms with Crippen LogP contribution in [-0.4, -0.2) is 31.3 Å². The smallest absolute Gasteiger partial charge is 0.0700 e. The van der Waals surface area contributed by atoms with Gasteiger partial charge < -0.3 is 4.90 Å². The van der Waals surface area contributed by atoms with Crippen molar-refractivity contribution in [2.75, 3.05) is 19.6 Å². The molecule has 0 unspecified atom stereocenters. The van der Waals surface area contributed by atoms with E-state index < -0.39 is 0 Å². The summed E-state index contributed by atoms with van der Waals surface area (Å²) in [7, 11) is 0. The van der Waals surface area contributed by atoms with Crippen molar-refractivity contribution in [1.82, 2.24) is 4.90 Å². The van der Waals surface area contributed by atoms with E-state index in [-0.39, 0.29) is 0 Å². The molecular weight excluding hydrogens is 292 g/mol. The lowest BCUT2D eigenvalue weighted by Crippen LogP contribution is -2.20. The zero-order chi connectivity index (χ0) is 16.9. The van der Waals surface area contributed by atoms with Gasteiger partial charge in [0, 0.05) is 5.56 Å². The number of nitrogens with zero attached hydrogens (tertiary/aromatic N) is 2. The van der Waals surface area contributed by atoms with E-state index >= 15 is 0 Å². The van der Waals surface area contributed by atoms with Crippen LogP contribution in [-0.2, 0) is 6.42 Å². The quantitative estimate of drug-likeness (QED) is 0.464. The summed E-state index contributed by atoms with van der Waals surface area (Å²) in [5.41, 5.74) is 8.35. The van der Waals surface area contributed by atoms with Crippen LogP contribution in [0.4, 0.5) is 5.69 Å². The summed E-state index contributed by atoms with van der Waals surface area (Å²) in [6.07, 6.45) is 10.3. The van der Waals surface area contributed by atoms with E-state index in [2.05, 4.69) is 42.6 Å². The van der Waals surface area contributed by atoms with Crippen molar-refractivity contribution in [3.8, 4) is 0 Å². The molecule has 0 saturated carbocycles. The van der Waals surface area contributed by atoms with Gasteiger partial charge >= 0.3 is 0 Å². The Labute approximate surface area is 147 Å². The molecule has 2 aliphatic rings. The minimum atomic E-state index is 1.09. The molecule has 24 heavy (non-hydrogen) atoms. The molecule has 1 heterocycles. The first-order valence-electron chi connectivity index (χ1n) is 9.70. The highest BCUT2D eigenvalue weighted by atomic mass is 15.1. The lowest BCUT2D eigenvalue weighted by molar-refractivity contribution is 0.330. The third-order valence-corrected chi connectivity index (χ3v) is 5.81. The van der Waals surface area contributed by atoms with Crippen LogP contribution < -0.4 is 0 Å². The maximum Gasteiger partial charge on any atom is 0.0700 e. The van der Waals surface area contributed by atoms with E-state index in [4.69, 9.17) is 0 Å². The van der Waals surface area contributed by atoms with E-state index in [1.165, 1.54) is 98.8 Å². The lowest BCUT2D eigenvalue weighted by atomic mass is 9.93. The van der Waals surface area contributed by atoms with E-state index in [1.54, 1.807) is 0 Å². The molecule has 1 saturated heterocycles. The number of hydrogen-bond donors (Lipinski definition) is 0. The fourth-order valence-electron chi connectivity index (χ4n) is 4.30. The van der Waals surface area contributed by atoms with Gasteiger partial charge in [0.2, 0.25) is 0 Å². The molecule has 1 aromatic carbocycles. The molecule has 0 amide bonds. The molecule has 0 aromatic heterocycles. The number of likely N-dealkylation sites (tertiary alicyclic amines) is 1. The maximum atomic E-state index is 4.35. The van der Waals surface area contributed by atoms with Crippen LogP contribution in [0.1, 0.15) is 68.6 Å². The number of aryl methyl sites for hydroxylation is 2. The van der Waals surface area contributed by atoms with Crippen LogP contribution in [0.15, 0.2) is 22.7 Å². The SMILES string of the molecule is C=Nc1cc(CCCCN2CCCC2)c(C)cc1C1=C(C)CCC1. The Morgan fingerprint density at radius 2 is 1.83 bits per heavy atom. The molecule has 3 rings (SSSR count). The molecule has 0 atom stereocenters. The summed E-state index contributed by atoms with van der Waals surface area (Å²) in [5, 5.41) is 0. The standard InChI is InChI=1S/C22H32N2/c1-17-9-8-11-20(17)21-15-18(2)19(16-22(21)23-3)10-4-5-12-24-13-6-7-14-24/h15-16H,3-14H2,1-2H3. The van der Waals surface area contributed by atoms with Crippen molar-refractivity contribution in [2.45, 2.75) is 65.2 Å². The third-order valence-electron chi connectivity index (χ3n) is 5.81. The van der Waals surface area contributed by atoms with Crippen molar-refractivity contribution in [3.63, 3.8) is 0 Å². The molecular formula is C22H32N2. The first-order chi connectivity index (χ1) is 11.7. The topological polar surface area (TPSA) is 15.6 Å². The van der Waals surface area contributed by atoms with Crippen LogP contribution in [0, 0.1) is 6.92 Å².